The van der Waals surface area contributed by atoms with Gasteiger partial charge in [0.25, 0.3) is 5.91 Å². The van der Waals surface area contributed by atoms with E-state index in [9.17, 15) is 4.79 Å². The predicted molar refractivity (Wildman–Crippen MR) is 85.5 cm³/mol. The Morgan fingerprint density at radius 3 is 2.81 bits per heavy atom. The Labute approximate surface area is 128 Å². The van der Waals surface area contributed by atoms with Gasteiger partial charge in [-0.3, -0.25) is 10.2 Å². The van der Waals surface area contributed by atoms with E-state index in [4.69, 9.17) is 10.6 Å². The number of nitrogens with one attached hydrogen (secondary N) is 1. The number of hydrazine groups is 1. The highest BCUT2D eigenvalue weighted by molar-refractivity contribution is 7.99. The molecule has 0 aliphatic carbocycles. The van der Waals surface area contributed by atoms with Gasteiger partial charge in [-0.2, -0.15) is 0 Å². The topological polar surface area (TPSA) is 64.3 Å². The molecule has 0 aliphatic rings. The Balaban J connectivity index is 1.84. The van der Waals surface area contributed by atoms with E-state index in [0.717, 1.165) is 5.75 Å². The molecule has 1 amide bonds. The van der Waals surface area contributed by atoms with E-state index >= 15 is 0 Å². The lowest BCUT2D eigenvalue weighted by Gasteiger charge is -2.08. The van der Waals surface area contributed by atoms with Gasteiger partial charge in [0.05, 0.1) is 6.61 Å². The van der Waals surface area contributed by atoms with E-state index in [1.165, 1.54) is 10.5 Å². The molecule has 0 fully saturated rings. The van der Waals surface area contributed by atoms with Gasteiger partial charge in [0, 0.05) is 16.2 Å². The second-order valence-electron chi connectivity index (χ2n) is 4.46. The second kappa shape index (κ2) is 7.71. The SMILES string of the molecule is Cc1ccccc1SCCOc1cccc(C(=O)NN)c1. The normalized spacial score (nSPS) is 10.2. The largest absolute Gasteiger partial charge is 0.493 e. The van der Waals surface area contributed by atoms with E-state index in [-0.39, 0.29) is 5.91 Å². The third kappa shape index (κ3) is 4.51. The highest BCUT2D eigenvalue weighted by atomic mass is 32.2. The Morgan fingerprint density at radius 2 is 2.05 bits per heavy atom. The van der Waals surface area contributed by atoms with Crippen molar-refractivity contribution in [2.45, 2.75) is 11.8 Å². The van der Waals surface area contributed by atoms with Gasteiger partial charge in [-0.05, 0) is 36.8 Å². The summed E-state index contributed by atoms with van der Waals surface area (Å²) in [4.78, 5) is 12.7. The van der Waals surface area contributed by atoms with Crippen molar-refractivity contribution in [1.82, 2.24) is 5.43 Å². The van der Waals surface area contributed by atoms with Crippen LogP contribution in [0.3, 0.4) is 0 Å². The summed E-state index contributed by atoms with van der Waals surface area (Å²) in [5.41, 5.74) is 3.86. The summed E-state index contributed by atoms with van der Waals surface area (Å²) in [5, 5.41) is 0. The first kappa shape index (κ1) is 15.4. The lowest BCUT2D eigenvalue weighted by Crippen LogP contribution is -2.29. The molecule has 0 unspecified atom stereocenters. The van der Waals surface area contributed by atoms with Gasteiger partial charge in [0.2, 0.25) is 0 Å². The van der Waals surface area contributed by atoms with Crippen LogP contribution in [0.25, 0.3) is 0 Å². The number of ether oxygens (including phenoxy) is 1. The number of nitrogen functional groups attached to an aromatic ring is 1. The standard InChI is InChI=1S/C16H18N2O2S/c1-12-5-2-3-8-15(12)21-10-9-20-14-7-4-6-13(11-14)16(19)18-17/h2-8,11H,9-10,17H2,1H3,(H,18,19). The smallest absolute Gasteiger partial charge is 0.265 e. The minimum atomic E-state index is -0.324. The molecule has 0 saturated carbocycles. The van der Waals surface area contributed by atoms with Crippen LogP contribution in [0.5, 0.6) is 5.75 Å². The molecule has 0 heterocycles. The van der Waals surface area contributed by atoms with Gasteiger partial charge in [0.15, 0.2) is 0 Å². The molecule has 0 bridgehead atoms. The molecule has 0 aromatic heterocycles. The van der Waals surface area contributed by atoms with Crippen molar-refractivity contribution >= 4 is 17.7 Å². The molecule has 0 aliphatic heterocycles. The molecule has 2 aromatic carbocycles. The third-order valence-electron chi connectivity index (χ3n) is 2.93. The summed E-state index contributed by atoms with van der Waals surface area (Å²) < 4.78 is 5.66. The summed E-state index contributed by atoms with van der Waals surface area (Å²) in [6.07, 6.45) is 0. The molecule has 21 heavy (non-hydrogen) atoms. The number of carbonyl (C=O) groups is 1. The van der Waals surface area contributed by atoms with Crippen molar-refractivity contribution in [3.8, 4) is 5.75 Å². The molecule has 2 rings (SSSR count). The van der Waals surface area contributed by atoms with E-state index in [1.54, 1.807) is 30.0 Å². The van der Waals surface area contributed by atoms with Gasteiger partial charge in [0.1, 0.15) is 5.75 Å². The summed E-state index contributed by atoms with van der Waals surface area (Å²) in [6.45, 7) is 2.67. The zero-order valence-electron chi connectivity index (χ0n) is 11.8. The van der Waals surface area contributed by atoms with E-state index in [2.05, 4.69) is 24.5 Å². The fourth-order valence-electron chi connectivity index (χ4n) is 1.84. The fraction of sp³-hybridized carbons (Fsp3) is 0.188. The number of benzene rings is 2. The Morgan fingerprint density at radius 1 is 1.24 bits per heavy atom. The molecule has 0 atom stereocenters. The van der Waals surface area contributed by atoms with Crippen LogP contribution >= 0.6 is 11.8 Å². The number of thioether (sulfide) groups is 1. The van der Waals surface area contributed by atoms with Crippen molar-refractivity contribution in [1.29, 1.82) is 0 Å². The summed E-state index contributed by atoms with van der Waals surface area (Å²) in [7, 11) is 0. The molecule has 5 heteroatoms. The van der Waals surface area contributed by atoms with Crippen LogP contribution in [0.1, 0.15) is 15.9 Å². The summed E-state index contributed by atoms with van der Waals surface area (Å²) >= 11 is 1.76. The number of amides is 1. The maximum absolute atomic E-state index is 11.4. The Kier molecular flexibility index (Phi) is 5.66. The van der Waals surface area contributed by atoms with Gasteiger partial charge in [-0.15, -0.1) is 11.8 Å². The number of nitrogens with two attached hydrogens (primary N) is 1. The molecule has 2 aromatic rings. The molecule has 3 N–H and O–H groups in total. The summed E-state index contributed by atoms with van der Waals surface area (Å²) in [6, 6.07) is 15.2. The van der Waals surface area contributed by atoms with Crippen LogP contribution in [-0.4, -0.2) is 18.3 Å². The highest BCUT2D eigenvalue weighted by Crippen LogP contribution is 2.22. The van der Waals surface area contributed by atoms with Crippen molar-refractivity contribution in [3.05, 3.63) is 59.7 Å². The molecular formula is C16H18N2O2S. The molecule has 0 saturated heterocycles. The minimum Gasteiger partial charge on any atom is -0.493 e. The molecule has 0 spiro atoms. The van der Waals surface area contributed by atoms with Crippen molar-refractivity contribution in [2.75, 3.05) is 12.4 Å². The molecule has 4 nitrogen and oxygen atoms in total. The van der Waals surface area contributed by atoms with Crippen LogP contribution < -0.4 is 16.0 Å². The van der Waals surface area contributed by atoms with E-state index in [0.29, 0.717) is 17.9 Å². The molecule has 110 valence electrons. The Bertz CT molecular complexity index is 617. The number of rotatable bonds is 6. The average molecular weight is 302 g/mol. The maximum Gasteiger partial charge on any atom is 0.265 e. The quantitative estimate of drug-likeness (QED) is 0.283. The van der Waals surface area contributed by atoms with E-state index in [1.807, 2.05) is 18.2 Å². The maximum atomic E-state index is 11.4. The summed E-state index contributed by atoms with van der Waals surface area (Å²) in [5.74, 6) is 6.30. The highest BCUT2D eigenvalue weighted by Gasteiger charge is 2.04. The second-order valence-corrected chi connectivity index (χ2v) is 5.60. The van der Waals surface area contributed by atoms with Gasteiger partial charge in [-0.25, -0.2) is 5.84 Å². The lowest BCUT2D eigenvalue weighted by atomic mass is 10.2. The first-order valence-corrected chi connectivity index (χ1v) is 7.61. The van der Waals surface area contributed by atoms with Crippen LogP contribution in [0.15, 0.2) is 53.4 Å². The van der Waals surface area contributed by atoms with Crippen LogP contribution in [0.4, 0.5) is 0 Å². The molecular weight excluding hydrogens is 284 g/mol. The van der Waals surface area contributed by atoms with Gasteiger partial charge >= 0.3 is 0 Å². The fourth-order valence-corrected chi connectivity index (χ4v) is 2.70. The van der Waals surface area contributed by atoms with Gasteiger partial charge < -0.3 is 4.74 Å². The zero-order valence-corrected chi connectivity index (χ0v) is 12.7. The van der Waals surface area contributed by atoms with Gasteiger partial charge in [-0.1, -0.05) is 24.3 Å². The van der Waals surface area contributed by atoms with Crippen molar-refractivity contribution in [3.63, 3.8) is 0 Å². The van der Waals surface area contributed by atoms with Crippen molar-refractivity contribution in [2.24, 2.45) is 5.84 Å². The van der Waals surface area contributed by atoms with Crippen LogP contribution in [0, 0.1) is 6.92 Å². The minimum absolute atomic E-state index is 0.324. The number of hydrogen-bond acceptors (Lipinski definition) is 4. The van der Waals surface area contributed by atoms with Crippen LogP contribution in [0.2, 0.25) is 0 Å². The zero-order chi connectivity index (χ0) is 15.1. The van der Waals surface area contributed by atoms with E-state index < -0.39 is 0 Å². The monoisotopic (exact) mass is 302 g/mol. The first-order valence-electron chi connectivity index (χ1n) is 6.63. The average Bonchev–Trinajstić information content (AvgIpc) is 2.52. The van der Waals surface area contributed by atoms with Crippen LogP contribution in [-0.2, 0) is 0 Å². The molecule has 0 radical (unpaired) electrons. The Hall–Kier alpha value is -1.98. The number of aryl methyl sites for hydroxylation is 1. The predicted octanol–water partition coefficient (Wildman–Crippen LogP) is 2.77. The first-order chi connectivity index (χ1) is 10.2. The lowest BCUT2D eigenvalue weighted by molar-refractivity contribution is 0.0953. The van der Waals surface area contributed by atoms with Crippen molar-refractivity contribution < 1.29 is 9.53 Å². The number of carbonyl (C=O) groups excluding carboxylic acids is 1. The third-order valence-corrected chi connectivity index (χ3v) is 4.07. The number of hydrogen-bond donors (Lipinski definition) is 2.